The average Bonchev–Trinajstić information content (AvgIpc) is 3.31. The number of likely N-dealkylation sites (N-methyl/N-ethyl adjacent to an activating group) is 1. The highest BCUT2D eigenvalue weighted by molar-refractivity contribution is 6.12. The van der Waals surface area contributed by atoms with Crippen LogP contribution < -0.4 is 5.32 Å². The van der Waals surface area contributed by atoms with E-state index in [0.29, 0.717) is 13.2 Å². The van der Waals surface area contributed by atoms with Gasteiger partial charge in [-0.1, -0.05) is 133 Å². The number of fused-ring (bicyclic) bond motifs is 1. The van der Waals surface area contributed by atoms with E-state index in [1.54, 1.807) is 0 Å². The lowest BCUT2D eigenvalue weighted by atomic mass is 9.74. The van der Waals surface area contributed by atoms with Gasteiger partial charge in [-0.25, -0.2) is 0 Å². The molecule has 0 aliphatic heterocycles. The number of rotatable bonds is 9. The highest BCUT2D eigenvalue weighted by Crippen LogP contribution is 2.57. The number of benzene rings is 5. The summed E-state index contributed by atoms with van der Waals surface area (Å²) in [5.41, 5.74) is 12.2. The summed E-state index contributed by atoms with van der Waals surface area (Å²) in [4.78, 5) is 0. The molecule has 0 amide bonds. The Bertz CT molecular complexity index is 1610. The van der Waals surface area contributed by atoms with Gasteiger partial charge in [0.25, 0.3) is 0 Å². The maximum Gasteiger partial charge on any atom is 0.0616 e. The zero-order chi connectivity index (χ0) is 27.4. The Morgan fingerprint density at radius 2 is 1.10 bits per heavy atom. The molecule has 0 spiro atoms. The monoisotopic (exact) mass is 521 g/mol. The van der Waals surface area contributed by atoms with Crippen LogP contribution >= 0.6 is 0 Å². The minimum Gasteiger partial charge on any atom is -0.380 e. The molecule has 6 rings (SSSR count). The van der Waals surface area contributed by atoms with Crippen molar-refractivity contribution in [2.45, 2.75) is 12.3 Å². The first kappa shape index (κ1) is 26.0. The molecule has 1 atom stereocenters. The van der Waals surface area contributed by atoms with E-state index in [9.17, 15) is 0 Å². The maximum absolute atomic E-state index is 6.35. The van der Waals surface area contributed by atoms with Crippen LogP contribution in [-0.4, -0.2) is 26.8 Å². The Hall–Kier alpha value is -4.24. The van der Waals surface area contributed by atoms with Gasteiger partial charge in [-0.15, -0.1) is 0 Å². The summed E-state index contributed by atoms with van der Waals surface area (Å²) >= 11 is 0. The molecule has 0 bridgehead atoms. The van der Waals surface area contributed by atoms with E-state index >= 15 is 0 Å². The smallest absolute Gasteiger partial charge is 0.0616 e. The molecule has 2 nitrogen and oxygen atoms in total. The molecule has 1 aliphatic rings. The molecule has 1 N–H and O–H groups in total. The van der Waals surface area contributed by atoms with Gasteiger partial charge in [0.05, 0.1) is 12.0 Å². The Morgan fingerprint density at radius 1 is 0.575 bits per heavy atom. The summed E-state index contributed by atoms with van der Waals surface area (Å²) in [5.74, 6) is 0. The van der Waals surface area contributed by atoms with Crippen LogP contribution in [0.5, 0.6) is 0 Å². The molecule has 40 heavy (non-hydrogen) atoms. The van der Waals surface area contributed by atoms with E-state index in [-0.39, 0.29) is 5.41 Å². The van der Waals surface area contributed by atoms with Crippen LogP contribution in [0.4, 0.5) is 0 Å². The lowest BCUT2D eigenvalue weighted by molar-refractivity contribution is 0.113. The van der Waals surface area contributed by atoms with Crippen LogP contribution in [0.3, 0.4) is 0 Å². The molecule has 198 valence electrons. The third-order valence-electron chi connectivity index (χ3n) is 8.00. The molecule has 0 heterocycles. The second-order valence-corrected chi connectivity index (χ2v) is 10.4. The maximum atomic E-state index is 6.35. The van der Waals surface area contributed by atoms with E-state index in [2.05, 4.69) is 146 Å². The third-order valence-corrected chi connectivity index (χ3v) is 8.00. The Balaban J connectivity index is 1.81. The minimum atomic E-state index is -0.370. The lowest BCUT2D eigenvalue weighted by Gasteiger charge is -2.34. The van der Waals surface area contributed by atoms with Crippen molar-refractivity contribution in [3.63, 3.8) is 0 Å². The minimum absolute atomic E-state index is 0.370. The SMILES string of the molecule is CCOCC1(CNC)C(c2ccccc2)=C(c2ccccc2)c2c1ccc(-c1ccccc1)c2-c1ccccc1. The zero-order valence-corrected chi connectivity index (χ0v) is 23.2. The molecule has 5 aromatic rings. The first-order valence-electron chi connectivity index (χ1n) is 14.1. The van der Waals surface area contributed by atoms with Crippen LogP contribution in [0.2, 0.25) is 0 Å². The van der Waals surface area contributed by atoms with Gasteiger partial charge in [-0.05, 0) is 69.6 Å². The zero-order valence-electron chi connectivity index (χ0n) is 23.2. The number of hydrogen-bond acceptors (Lipinski definition) is 2. The summed E-state index contributed by atoms with van der Waals surface area (Å²) in [6, 6.07) is 48.1. The van der Waals surface area contributed by atoms with Crippen molar-refractivity contribution < 1.29 is 4.74 Å². The number of hydrogen-bond donors (Lipinski definition) is 1. The van der Waals surface area contributed by atoms with E-state index in [1.165, 1.54) is 55.7 Å². The molecular formula is C38H35NO. The summed E-state index contributed by atoms with van der Waals surface area (Å²) < 4.78 is 6.35. The Kier molecular flexibility index (Phi) is 7.46. The van der Waals surface area contributed by atoms with E-state index < -0.39 is 0 Å². The van der Waals surface area contributed by atoms with Crippen LogP contribution in [0.15, 0.2) is 133 Å². The van der Waals surface area contributed by atoms with Crippen molar-refractivity contribution in [2.75, 3.05) is 26.8 Å². The molecule has 0 saturated heterocycles. The summed E-state index contributed by atoms with van der Waals surface area (Å²) in [6.07, 6.45) is 0. The first-order chi connectivity index (χ1) is 19.8. The van der Waals surface area contributed by atoms with Crippen LogP contribution in [0.1, 0.15) is 29.2 Å². The van der Waals surface area contributed by atoms with Gasteiger partial charge in [0.1, 0.15) is 0 Å². The molecule has 0 saturated carbocycles. The van der Waals surface area contributed by atoms with Gasteiger partial charge in [-0.3, -0.25) is 0 Å². The normalized spacial score (nSPS) is 16.2. The topological polar surface area (TPSA) is 21.3 Å². The molecule has 0 aromatic heterocycles. The van der Waals surface area contributed by atoms with Crippen LogP contribution in [0.25, 0.3) is 33.4 Å². The fourth-order valence-electron chi connectivity index (χ4n) is 6.40. The van der Waals surface area contributed by atoms with Crippen molar-refractivity contribution in [3.05, 3.63) is 156 Å². The summed E-state index contributed by atoms with van der Waals surface area (Å²) in [7, 11) is 2.05. The molecule has 1 aliphatic carbocycles. The molecule has 5 aromatic carbocycles. The van der Waals surface area contributed by atoms with Crippen LogP contribution in [0, 0.1) is 0 Å². The fourth-order valence-corrected chi connectivity index (χ4v) is 6.40. The number of nitrogens with one attached hydrogen (secondary N) is 1. The summed E-state index contributed by atoms with van der Waals surface area (Å²) in [6.45, 7) is 4.11. The predicted octanol–water partition coefficient (Wildman–Crippen LogP) is 8.49. The second kappa shape index (κ2) is 11.5. The quantitative estimate of drug-likeness (QED) is 0.210. The third kappa shape index (κ3) is 4.50. The standard InChI is InChI=1S/C38H35NO/c1-3-40-27-38(26-39-2)33-25-24-32(28-16-8-4-9-17-28)34(29-18-10-5-11-19-29)36(33)35(30-20-12-6-13-21-30)37(38)31-22-14-7-15-23-31/h4-25,39H,3,26-27H2,1-2H3. The van der Waals surface area contributed by atoms with Gasteiger partial charge in [0.15, 0.2) is 0 Å². The van der Waals surface area contributed by atoms with E-state index in [4.69, 9.17) is 4.74 Å². The lowest BCUT2D eigenvalue weighted by Crippen LogP contribution is -2.41. The number of ether oxygens (including phenoxy) is 1. The Labute approximate surface area is 238 Å². The predicted molar refractivity (Wildman–Crippen MR) is 168 cm³/mol. The van der Waals surface area contributed by atoms with Crippen molar-refractivity contribution >= 4 is 11.1 Å². The van der Waals surface area contributed by atoms with Gasteiger partial charge in [-0.2, -0.15) is 0 Å². The van der Waals surface area contributed by atoms with E-state index in [0.717, 1.165) is 6.54 Å². The van der Waals surface area contributed by atoms with E-state index in [1.807, 2.05) is 7.05 Å². The van der Waals surface area contributed by atoms with Crippen LogP contribution in [-0.2, 0) is 10.2 Å². The largest absolute Gasteiger partial charge is 0.380 e. The molecule has 0 radical (unpaired) electrons. The van der Waals surface area contributed by atoms with Gasteiger partial charge in [0.2, 0.25) is 0 Å². The van der Waals surface area contributed by atoms with Gasteiger partial charge >= 0.3 is 0 Å². The van der Waals surface area contributed by atoms with Crippen molar-refractivity contribution in [2.24, 2.45) is 0 Å². The molecule has 2 heteroatoms. The highest BCUT2D eigenvalue weighted by Gasteiger charge is 2.47. The Morgan fingerprint density at radius 3 is 1.65 bits per heavy atom. The summed E-state index contributed by atoms with van der Waals surface area (Å²) in [5, 5.41) is 3.56. The first-order valence-corrected chi connectivity index (χ1v) is 14.1. The van der Waals surface area contributed by atoms with Crippen molar-refractivity contribution in [1.29, 1.82) is 0 Å². The average molecular weight is 522 g/mol. The van der Waals surface area contributed by atoms with Crippen molar-refractivity contribution in [3.8, 4) is 22.3 Å². The van der Waals surface area contributed by atoms with Gasteiger partial charge in [0, 0.05) is 13.2 Å². The van der Waals surface area contributed by atoms with Crippen molar-refractivity contribution in [1.82, 2.24) is 5.32 Å². The molecule has 0 fully saturated rings. The fraction of sp³-hybridized carbons (Fsp3) is 0.158. The van der Waals surface area contributed by atoms with Gasteiger partial charge < -0.3 is 10.1 Å². The molecular weight excluding hydrogens is 486 g/mol. The molecule has 1 unspecified atom stereocenters. The second-order valence-electron chi connectivity index (χ2n) is 10.4. The highest BCUT2D eigenvalue weighted by atomic mass is 16.5.